The van der Waals surface area contributed by atoms with Crippen LogP contribution in [0, 0.1) is 0 Å². The summed E-state index contributed by atoms with van der Waals surface area (Å²) in [4.78, 5) is 21.7. The van der Waals surface area contributed by atoms with Crippen LogP contribution in [0.25, 0.3) is 0 Å². The Morgan fingerprint density at radius 1 is 1.72 bits per heavy atom. The molecule has 3 N–H and O–H groups in total. The van der Waals surface area contributed by atoms with Gasteiger partial charge in [0.25, 0.3) is 0 Å². The van der Waals surface area contributed by atoms with Gasteiger partial charge in [-0.05, 0) is 6.92 Å². The van der Waals surface area contributed by atoms with E-state index in [1.54, 1.807) is 17.2 Å². The number of aromatic nitrogens is 2. The van der Waals surface area contributed by atoms with Crippen LogP contribution in [0.4, 0.5) is 5.95 Å². The van der Waals surface area contributed by atoms with Gasteiger partial charge >= 0.3 is 0 Å². The maximum Gasteiger partial charge on any atom is 0.241 e. The number of piperazine rings is 1. The molecule has 1 amide bonds. The first-order valence-corrected chi connectivity index (χ1v) is 5.95. The Morgan fingerprint density at radius 2 is 2.56 bits per heavy atom. The number of hydrogen-bond donors (Lipinski definition) is 2. The van der Waals surface area contributed by atoms with Gasteiger partial charge in [-0.25, -0.2) is 4.98 Å². The number of amides is 1. The van der Waals surface area contributed by atoms with E-state index < -0.39 is 6.04 Å². The average molecular weight is 251 g/mol. The fourth-order valence-electron chi connectivity index (χ4n) is 1.90. The number of primary amides is 1. The third-order valence-corrected chi connectivity index (χ3v) is 2.74. The molecule has 0 bridgehead atoms. The van der Waals surface area contributed by atoms with Crippen molar-refractivity contribution in [2.24, 2.45) is 5.73 Å². The predicted octanol–water partition coefficient (Wildman–Crippen LogP) is -0.861. The van der Waals surface area contributed by atoms with E-state index >= 15 is 0 Å². The van der Waals surface area contributed by atoms with Crippen LogP contribution in [0.15, 0.2) is 12.3 Å². The predicted molar refractivity (Wildman–Crippen MR) is 66.4 cm³/mol. The molecule has 7 heteroatoms. The van der Waals surface area contributed by atoms with Gasteiger partial charge in [-0.15, -0.1) is 0 Å². The summed E-state index contributed by atoms with van der Waals surface area (Å²) < 4.78 is 5.32. The van der Waals surface area contributed by atoms with Gasteiger partial charge in [0.2, 0.25) is 17.7 Å². The number of nitrogens with two attached hydrogens (primary N) is 1. The monoisotopic (exact) mass is 251 g/mol. The summed E-state index contributed by atoms with van der Waals surface area (Å²) in [5.74, 6) is 0.600. The molecule has 1 aromatic heterocycles. The molecule has 1 aliphatic rings. The summed E-state index contributed by atoms with van der Waals surface area (Å²) in [6.07, 6.45) is 1.62. The molecule has 18 heavy (non-hydrogen) atoms. The van der Waals surface area contributed by atoms with Gasteiger partial charge < -0.3 is 20.7 Å². The smallest absolute Gasteiger partial charge is 0.241 e. The fraction of sp³-hybridized carbons (Fsp3) is 0.545. The third-order valence-electron chi connectivity index (χ3n) is 2.74. The number of carbonyl (C=O) groups excluding carboxylic acids is 1. The fourth-order valence-corrected chi connectivity index (χ4v) is 1.90. The van der Waals surface area contributed by atoms with Crippen LogP contribution in [0.3, 0.4) is 0 Å². The minimum absolute atomic E-state index is 0.382. The van der Waals surface area contributed by atoms with Crippen molar-refractivity contribution in [3.63, 3.8) is 0 Å². The molecule has 2 rings (SSSR count). The van der Waals surface area contributed by atoms with Crippen molar-refractivity contribution in [3.8, 4) is 5.88 Å². The van der Waals surface area contributed by atoms with Crippen molar-refractivity contribution in [3.05, 3.63) is 12.3 Å². The highest BCUT2D eigenvalue weighted by Gasteiger charge is 2.28. The van der Waals surface area contributed by atoms with E-state index in [1.165, 1.54) is 0 Å². The number of rotatable bonds is 4. The number of nitrogens with one attached hydrogen (secondary N) is 1. The lowest BCUT2D eigenvalue weighted by Crippen LogP contribution is -2.57. The van der Waals surface area contributed by atoms with Crippen LogP contribution in [0.5, 0.6) is 5.88 Å². The number of nitrogens with zero attached hydrogens (tertiary/aromatic N) is 3. The summed E-state index contributed by atoms with van der Waals surface area (Å²) in [7, 11) is 0. The Morgan fingerprint density at radius 3 is 3.28 bits per heavy atom. The molecule has 2 heterocycles. The molecule has 1 aromatic rings. The molecule has 0 radical (unpaired) electrons. The second-order valence-electron chi connectivity index (χ2n) is 3.94. The maximum atomic E-state index is 11.4. The lowest BCUT2D eigenvalue weighted by Gasteiger charge is -2.34. The summed E-state index contributed by atoms with van der Waals surface area (Å²) in [6, 6.07) is 1.27. The van der Waals surface area contributed by atoms with Crippen molar-refractivity contribution >= 4 is 11.9 Å². The Bertz CT molecular complexity index is 426. The van der Waals surface area contributed by atoms with Crippen molar-refractivity contribution < 1.29 is 9.53 Å². The highest BCUT2D eigenvalue weighted by atomic mass is 16.5. The van der Waals surface area contributed by atoms with E-state index in [-0.39, 0.29) is 5.91 Å². The summed E-state index contributed by atoms with van der Waals surface area (Å²) in [5, 5.41) is 3.13. The molecular weight excluding hydrogens is 234 g/mol. The highest BCUT2D eigenvalue weighted by Crippen LogP contribution is 2.16. The van der Waals surface area contributed by atoms with Crippen molar-refractivity contribution in [2.45, 2.75) is 13.0 Å². The van der Waals surface area contributed by atoms with Crippen LogP contribution in [-0.4, -0.2) is 48.2 Å². The zero-order valence-corrected chi connectivity index (χ0v) is 10.3. The number of ether oxygens (including phenoxy) is 1. The van der Waals surface area contributed by atoms with Gasteiger partial charge in [0.15, 0.2) is 0 Å². The minimum atomic E-state index is -0.421. The van der Waals surface area contributed by atoms with Gasteiger partial charge in [0, 0.05) is 31.9 Å². The normalized spacial score (nSPS) is 19.6. The molecule has 0 spiro atoms. The van der Waals surface area contributed by atoms with Gasteiger partial charge in [-0.2, -0.15) is 4.98 Å². The zero-order valence-electron chi connectivity index (χ0n) is 10.3. The molecule has 1 unspecified atom stereocenters. The van der Waals surface area contributed by atoms with Crippen LogP contribution in [0.1, 0.15) is 6.92 Å². The number of anilines is 1. The van der Waals surface area contributed by atoms with E-state index in [4.69, 9.17) is 10.5 Å². The standard InChI is InChI=1S/C11H17N5O2/c1-2-18-9-3-4-14-11(15-9)16-6-5-13-7-8(16)10(12)17/h3-4,8,13H,2,5-7H2,1H3,(H2,12,17). The van der Waals surface area contributed by atoms with E-state index in [9.17, 15) is 4.79 Å². The molecule has 0 saturated carbocycles. The molecule has 1 fully saturated rings. The Hall–Kier alpha value is -1.89. The van der Waals surface area contributed by atoms with Crippen molar-refractivity contribution in [1.82, 2.24) is 15.3 Å². The number of hydrogen-bond acceptors (Lipinski definition) is 6. The first kappa shape index (κ1) is 12.6. The van der Waals surface area contributed by atoms with Crippen LogP contribution < -0.4 is 20.7 Å². The molecule has 1 saturated heterocycles. The summed E-state index contributed by atoms with van der Waals surface area (Å²) in [6.45, 7) is 4.35. The molecule has 7 nitrogen and oxygen atoms in total. The van der Waals surface area contributed by atoms with Gasteiger partial charge in [0.1, 0.15) is 6.04 Å². The largest absolute Gasteiger partial charge is 0.478 e. The molecule has 1 aliphatic heterocycles. The molecule has 0 aromatic carbocycles. The van der Waals surface area contributed by atoms with Crippen LogP contribution in [0.2, 0.25) is 0 Å². The summed E-state index contributed by atoms with van der Waals surface area (Å²) in [5.41, 5.74) is 5.38. The lowest BCUT2D eigenvalue weighted by atomic mass is 10.2. The van der Waals surface area contributed by atoms with Gasteiger partial charge in [-0.3, -0.25) is 4.79 Å². The van der Waals surface area contributed by atoms with Crippen molar-refractivity contribution in [2.75, 3.05) is 31.1 Å². The third kappa shape index (κ3) is 2.67. The maximum absolute atomic E-state index is 11.4. The van der Waals surface area contributed by atoms with E-state index in [2.05, 4.69) is 15.3 Å². The molecule has 98 valence electrons. The quantitative estimate of drug-likeness (QED) is 0.723. The minimum Gasteiger partial charge on any atom is -0.478 e. The average Bonchev–Trinajstić information content (AvgIpc) is 2.39. The highest BCUT2D eigenvalue weighted by molar-refractivity contribution is 5.83. The van der Waals surface area contributed by atoms with Crippen LogP contribution >= 0.6 is 0 Å². The Kier molecular flexibility index (Phi) is 3.93. The zero-order chi connectivity index (χ0) is 13.0. The Labute approximate surface area is 105 Å². The molecule has 0 aliphatic carbocycles. The topological polar surface area (TPSA) is 93.4 Å². The van der Waals surface area contributed by atoms with Gasteiger partial charge in [0.05, 0.1) is 6.61 Å². The van der Waals surface area contributed by atoms with Crippen molar-refractivity contribution in [1.29, 1.82) is 0 Å². The van der Waals surface area contributed by atoms with Gasteiger partial charge in [-0.1, -0.05) is 0 Å². The van der Waals surface area contributed by atoms with Crippen LogP contribution in [-0.2, 0) is 4.79 Å². The van der Waals surface area contributed by atoms with E-state index in [1.807, 2.05) is 6.92 Å². The molecular formula is C11H17N5O2. The first-order chi connectivity index (χ1) is 8.72. The SMILES string of the molecule is CCOc1ccnc(N2CCNCC2C(N)=O)n1. The molecule has 1 atom stereocenters. The Balaban J connectivity index is 2.22. The lowest BCUT2D eigenvalue weighted by molar-refractivity contribution is -0.119. The first-order valence-electron chi connectivity index (χ1n) is 5.95. The van der Waals surface area contributed by atoms with E-state index in [0.717, 1.165) is 6.54 Å². The van der Waals surface area contributed by atoms with E-state index in [0.29, 0.717) is 31.5 Å². The second-order valence-corrected chi connectivity index (χ2v) is 3.94. The number of carbonyl (C=O) groups is 1. The second kappa shape index (κ2) is 5.63. The summed E-state index contributed by atoms with van der Waals surface area (Å²) >= 11 is 0.